The van der Waals surface area contributed by atoms with E-state index in [4.69, 9.17) is 4.74 Å². The number of anilines is 1. The third-order valence-corrected chi connectivity index (χ3v) is 7.49. The smallest absolute Gasteiger partial charge is 0.416 e. The largest absolute Gasteiger partial charge is 0.444 e. The number of nitrogens with one attached hydrogen (secondary N) is 2. The number of halogens is 3. The van der Waals surface area contributed by atoms with Gasteiger partial charge in [0, 0.05) is 44.6 Å². The zero-order chi connectivity index (χ0) is 32.1. The Labute approximate surface area is 256 Å². The first-order valence-electron chi connectivity index (χ1n) is 14.7. The molecule has 2 aromatic carbocycles. The summed E-state index contributed by atoms with van der Waals surface area (Å²) >= 11 is 0. The monoisotopic (exact) mass is 611 g/mol. The summed E-state index contributed by atoms with van der Waals surface area (Å²) in [4.78, 5) is 34.2. The van der Waals surface area contributed by atoms with E-state index in [1.807, 2.05) is 13.0 Å². The van der Waals surface area contributed by atoms with E-state index in [-0.39, 0.29) is 18.5 Å². The van der Waals surface area contributed by atoms with Crippen LogP contribution >= 0.6 is 0 Å². The van der Waals surface area contributed by atoms with Crippen LogP contribution < -0.4 is 15.5 Å². The molecule has 1 saturated heterocycles. The molecule has 0 spiro atoms. The lowest BCUT2D eigenvalue weighted by atomic mass is 9.95. The summed E-state index contributed by atoms with van der Waals surface area (Å²) in [5.41, 5.74) is 1.91. The van der Waals surface area contributed by atoms with E-state index in [1.54, 1.807) is 57.3 Å². The van der Waals surface area contributed by atoms with E-state index in [9.17, 15) is 22.8 Å². The van der Waals surface area contributed by atoms with Crippen molar-refractivity contribution in [1.29, 1.82) is 0 Å². The van der Waals surface area contributed by atoms with E-state index < -0.39 is 23.4 Å². The number of alkyl carbamates (subject to hydrolysis) is 1. The SMILES string of the molecule is CCN1CCN(c2ccnc(C(=O)N[C@H](C)c3ccc(-c4cc(C(F)(F)F)ccc4CNC(=O)OC(C)(C)C)cc3)c2)CC1. The molecule has 0 radical (unpaired) electrons. The molecule has 0 aliphatic carbocycles. The van der Waals surface area contributed by atoms with Crippen LogP contribution in [0, 0.1) is 0 Å². The Morgan fingerprint density at radius 3 is 2.27 bits per heavy atom. The number of carbonyl (C=O) groups is 2. The lowest BCUT2D eigenvalue weighted by Crippen LogP contribution is -2.46. The van der Waals surface area contributed by atoms with Crippen LogP contribution in [0.5, 0.6) is 0 Å². The van der Waals surface area contributed by atoms with E-state index in [0.717, 1.165) is 56.1 Å². The fourth-order valence-electron chi connectivity index (χ4n) is 5.03. The lowest BCUT2D eigenvalue weighted by Gasteiger charge is -2.35. The van der Waals surface area contributed by atoms with Crippen molar-refractivity contribution in [2.45, 2.75) is 59.0 Å². The Hall–Kier alpha value is -4.12. The molecule has 1 atom stereocenters. The van der Waals surface area contributed by atoms with Crippen molar-refractivity contribution in [3.63, 3.8) is 0 Å². The summed E-state index contributed by atoms with van der Waals surface area (Å²) < 4.78 is 46.0. The average Bonchev–Trinajstić information content (AvgIpc) is 2.99. The van der Waals surface area contributed by atoms with Gasteiger partial charge in [-0.05, 0) is 80.8 Å². The Bertz CT molecular complexity index is 1450. The maximum atomic E-state index is 13.6. The van der Waals surface area contributed by atoms with Gasteiger partial charge in [0.1, 0.15) is 11.3 Å². The molecule has 2 amide bonds. The van der Waals surface area contributed by atoms with Gasteiger partial charge in [-0.3, -0.25) is 9.78 Å². The molecule has 11 heteroatoms. The molecular weight excluding hydrogens is 571 g/mol. The number of carbonyl (C=O) groups excluding carboxylic acids is 2. The molecule has 2 N–H and O–H groups in total. The fraction of sp³-hybridized carbons (Fsp3) is 0.424. The number of benzene rings is 2. The van der Waals surface area contributed by atoms with Crippen LogP contribution in [0.2, 0.25) is 0 Å². The highest BCUT2D eigenvalue weighted by Gasteiger charge is 2.31. The van der Waals surface area contributed by atoms with Crippen molar-refractivity contribution in [1.82, 2.24) is 20.5 Å². The number of rotatable bonds is 8. The highest BCUT2D eigenvalue weighted by molar-refractivity contribution is 5.93. The molecule has 0 unspecified atom stereocenters. The van der Waals surface area contributed by atoms with Gasteiger partial charge in [0.15, 0.2) is 0 Å². The van der Waals surface area contributed by atoms with Gasteiger partial charge in [-0.15, -0.1) is 0 Å². The van der Waals surface area contributed by atoms with Crippen molar-refractivity contribution in [2.75, 3.05) is 37.6 Å². The minimum absolute atomic E-state index is 0.0169. The first kappa shape index (κ1) is 32.8. The molecule has 0 saturated carbocycles. The molecular formula is C33H40F3N5O3. The number of piperazine rings is 1. The lowest BCUT2D eigenvalue weighted by molar-refractivity contribution is -0.137. The number of aromatic nitrogens is 1. The van der Waals surface area contributed by atoms with Crippen LogP contribution in [0.3, 0.4) is 0 Å². The van der Waals surface area contributed by atoms with Gasteiger partial charge in [-0.25, -0.2) is 4.79 Å². The van der Waals surface area contributed by atoms with E-state index >= 15 is 0 Å². The third kappa shape index (κ3) is 8.72. The summed E-state index contributed by atoms with van der Waals surface area (Å²) in [7, 11) is 0. The number of nitrogens with zero attached hydrogens (tertiary/aromatic N) is 3. The second-order valence-electron chi connectivity index (χ2n) is 11.9. The summed E-state index contributed by atoms with van der Waals surface area (Å²) in [6.07, 6.45) is -3.55. The maximum absolute atomic E-state index is 13.6. The Morgan fingerprint density at radius 1 is 0.977 bits per heavy atom. The number of alkyl halides is 3. The van der Waals surface area contributed by atoms with Crippen LogP contribution in [0.25, 0.3) is 11.1 Å². The minimum atomic E-state index is -4.53. The van der Waals surface area contributed by atoms with Crippen LogP contribution in [-0.2, 0) is 17.5 Å². The number of hydrogen-bond acceptors (Lipinski definition) is 6. The number of likely N-dealkylation sites (N-methyl/N-ethyl adjacent to an activating group) is 1. The topological polar surface area (TPSA) is 86.8 Å². The van der Waals surface area contributed by atoms with Gasteiger partial charge in [0.05, 0.1) is 11.6 Å². The van der Waals surface area contributed by atoms with Crippen LogP contribution in [0.4, 0.5) is 23.7 Å². The first-order valence-corrected chi connectivity index (χ1v) is 14.7. The zero-order valence-electron chi connectivity index (χ0n) is 25.8. The second-order valence-corrected chi connectivity index (χ2v) is 11.9. The summed E-state index contributed by atoms with van der Waals surface area (Å²) in [6, 6.07) is 13.7. The molecule has 1 aromatic heterocycles. The van der Waals surface area contributed by atoms with Crippen molar-refractivity contribution < 1.29 is 27.5 Å². The fourth-order valence-corrected chi connectivity index (χ4v) is 5.03. The number of pyridine rings is 1. The summed E-state index contributed by atoms with van der Waals surface area (Å²) in [5.74, 6) is -0.316. The van der Waals surface area contributed by atoms with E-state index in [1.165, 1.54) is 6.07 Å². The Balaban J connectivity index is 1.47. The average molecular weight is 612 g/mol. The molecule has 1 fully saturated rings. The van der Waals surface area contributed by atoms with Gasteiger partial charge in [-0.1, -0.05) is 37.3 Å². The van der Waals surface area contributed by atoms with Crippen molar-refractivity contribution in [3.8, 4) is 11.1 Å². The molecule has 236 valence electrons. The molecule has 4 rings (SSSR count). The Morgan fingerprint density at radius 2 is 1.66 bits per heavy atom. The van der Waals surface area contributed by atoms with Crippen LogP contribution in [0.1, 0.15) is 67.8 Å². The quantitative estimate of drug-likeness (QED) is 0.306. The van der Waals surface area contributed by atoms with Gasteiger partial charge >= 0.3 is 12.3 Å². The van der Waals surface area contributed by atoms with E-state index in [2.05, 4.69) is 32.3 Å². The van der Waals surface area contributed by atoms with Crippen LogP contribution in [-0.4, -0.2) is 60.2 Å². The molecule has 2 heterocycles. The molecule has 1 aliphatic rings. The first-order chi connectivity index (χ1) is 20.7. The molecule has 0 bridgehead atoms. The standard InChI is InChI=1S/C33H40F3N5O3/c1-6-40-15-17-41(18-16-40)27-13-14-37-29(20-27)30(42)39-22(2)23-7-9-24(10-8-23)28-19-26(33(34,35)36)12-11-25(28)21-38-31(43)44-32(3,4)5/h7-14,19-20,22H,6,15-18,21H2,1-5H3,(H,38,43)(H,39,42)/t22-/m1/s1. The highest BCUT2D eigenvalue weighted by atomic mass is 19.4. The summed E-state index contributed by atoms with van der Waals surface area (Å²) in [6.45, 7) is 13.9. The normalized spacial score (nSPS) is 15.0. The maximum Gasteiger partial charge on any atom is 0.416 e. The van der Waals surface area contributed by atoms with Crippen LogP contribution in [0.15, 0.2) is 60.8 Å². The van der Waals surface area contributed by atoms with Crippen molar-refractivity contribution >= 4 is 17.7 Å². The number of ether oxygens (including phenoxy) is 1. The molecule has 8 nitrogen and oxygen atoms in total. The minimum Gasteiger partial charge on any atom is -0.444 e. The van der Waals surface area contributed by atoms with Gasteiger partial charge < -0.3 is 25.2 Å². The predicted octanol–water partition coefficient (Wildman–Crippen LogP) is 6.43. The molecule has 44 heavy (non-hydrogen) atoms. The van der Waals surface area contributed by atoms with E-state index in [0.29, 0.717) is 22.4 Å². The number of hydrogen-bond donors (Lipinski definition) is 2. The third-order valence-electron chi connectivity index (χ3n) is 7.49. The number of amides is 2. The highest BCUT2D eigenvalue weighted by Crippen LogP contribution is 2.34. The summed E-state index contributed by atoms with van der Waals surface area (Å²) in [5, 5.41) is 5.59. The molecule has 3 aromatic rings. The second kappa shape index (κ2) is 13.7. The van der Waals surface area contributed by atoms with Gasteiger partial charge in [0.25, 0.3) is 5.91 Å². The Kier molecular flexibility index (Phi) is 10.2. The van der Waals surface area contributed by atoms with Crippen molar-refractivity contribution in [2.24, 2.45) is 0 Å². The van der Waals surface area contributed by atoms with Crippen molar-refractivity contribution in [3.05, 3.63) is 83.2 Å². The zero-order valence-corrected chi connectivity index (χ0v) is 25.8. The van der Waals surface area contributed by atoms with Gasteiger partial charge in [0.2, 0.25) is 0 Å². The van der Waals surface area contributed by atoms with Gasteiger partial charge in [-0.2, -0.15) is 13.2 Å². The molecule has 1 aliphatic heterocycles. The predicted molar refractivity (Wildman–Crippen MR) is 164 cm³/mol.